The van der Waals surface area contributed by atoms with Crippen molar-refractivity contribution < 1.29 is 63.1 Å². The standard InChI is InChI=1S/C33H63O13P/c1-3-5-7-9-10-11-12-13-14-15-16-17-18-20-22-27(35)45-25(23-43-26(34)21-19-8-6-4-2)24-44-47(41,42)46-33-31(39)29(37)28(36)30(38)32(33)40/h25,28-33,36-40H,3-24H2,1-2H3,(H,41,42). The SMILES string of the molecule is CCCCCCCCCCCCCCCCC(=O)OC(COC(=O)CCCCCC)COP(=O)(O)OC1C(O)C(O)C(O)C(O)C1O. The minimum Gasteiger partial charge on any atom is -0.462 e. The molecule has 14 heteroatoms. The van der Waals surface area contributed by atoms with Gasteiger partial charge in [-0.15, -0.1) is 0 Å². The number of ether oxygens (including phenoxy) is 2. The number of carbonyl (C=O) groups excluding carboxylic acids is 2. The third-order valence-electron chi connectivity index (χ3n) is 8.45. The second kappa shape index (κ2) is 25.8. The molecule has 0 aromatic heterocycles. The second-order valence-corrected chi connectivity index (χ2v) is 14.1. The molecule has 1 aliphatic carbocycles. The zero-order chi connectivity index (χ0) is 35.1. The van der Waals surface area contributed by atoms with E-state index >= 15 is 0 Å². The van der Waals surface area contributed by atoms with Crippen molar-refractivity contribution in [2.75, 3.05) is 13.2 Å². The van der Waals surface area contributed by atoms with Crippen LogP contribution in [0.1, 0.15) is 142 Å². The third-order valence-corrected chi connectivity index (χ3v) is 9.43. The largest absolute Gasteiger partial charge is 0.472 e. The average molecular weight is 699 g/mol. The van der Waals surface area contributed by atoms with Gasteiger partial charge in [0.15, 0.2) is 6.10 Å². The first-order valence-electron chi connectivity index (χ1n) is 17.8. The van der Waals surface area contributed by atoms with E-state index in [4.69, 9.17) is 18.5 Å². The van der Waals surface area contributed by atoms with Crippen molar-refractivity contribution in [3.05, 3.63) is 0 Å². The molecule has 1 fully saturated rings. The van der Waals surface area contributed by atoms with Gasteiger partial charge in [0, 0.05) is 12.8 Å². The summed E-state index contributed by atoms with van der Waals surface area (Å²) >= 11 is 0. The molecule has 0 aliphatic heterocycles. The molecule has 0 aromatic carbocycles. The number of aliphatic hydroxyl groups is 5. The first-order valence-corrected chi connectivity index (χ1v) is 19.3. The minimum atomic E-state index is -5.09. The van der Waals surface area contributed by atoms with Gasteiger partial charge in [0.2, 0.25) is 0 Å². The van der Waals surface area contributed by atoms with Gasteiger partial charge in [-0.2, -0.15) is 0 Å². The van der Waals surface area contributed by atoms with Gasteiger partial charge in [0.1, 0.15) is 43.2 Å². The summed E-state index contributed by atoms with van der Waals surface area (Å²) < 4.78 is 33.0. The molecule has 278 valence electrons. The summed E-state index contributed by atoms with van der Waals surface area (Å²) in [5.74, 6) is -1.11. The van der Waals surface area contributed by atoms with Gasteiger partial charge in [-0.1, -0.05) is 117 Å². The maximum absolute atomic E-state index is 12.6. The summed E-state index contributed by atoms with van der Waals surface area (Å²) in [5, 5.41) is 49.6. The third kappa shape index (κ3) is 19.6. The van der Waals surface area contributed by atoms with E-state index in [0.29, 0.717) is 12.8 Å². The molecule has 6 unspecified atom stereocenters. The lowest BCUT2D eigenvalue weighted by Crippen LogP contribution is -2.64. The number of carbonyl (C=O) groups is 2. The molecule has 0 aromatic rings. The Morgan fingerprint density at radius 1 is 0.574 bits per heavy atom. The highest BCUT2D eigenvalue weighted by atomic mass is 31.2. The Labute approximate surface area is 281 Å². The first kappa shape index (κ1) is 43.9. The maximum atomic E-state index is 12.6. The van der Waals surface area contributed by atoms with E-state index < -0.39 is 75.7 Å². The summed E-state index contributed by atoms with van der Waals surface area (Å²) in [6, 6.07) is 0. The number of unbranched alkanes of at least 4 members (excludes halogenated alkanes) is 16. The van der Waals surface area contributed by atoms with E-state index in [9.17, 15) is 44.6 Å². The summed E-state index contributed by atoms with van der Waals surface area (Å²) in [5.41, 5.74) is 0. The number of esters is 2. The molecule has 0 heterocycles. The van der Waals surface area contributed by atoms with Gasteiger partial charge in [-0.05, 0) is 12.8 Å². The summed E-state index contributed by atoms with van der Waals surface area (Å²) in [6.07, 6.45) is 6.96. The number of rotatable bonds is 28. The molecule has 47 heavy (non-hydrogen) atoms. The zero-order valence-electron chi connectivity index (χ0n) is 28.6. The van der Waals surface area contributed by atoms with Crippen LogP contribution in [0.15, 0.2) is 0 Å². The molecule has 13 nitrogen and oxygen atoms in total. The van der Waals surface area contributed by atoms with Crippen LogP contribution < -0.4 is 0 Å². The maximum Gasteiger partial charge on any atom is 0.472 e. The minimum absolute atomic E-state index is 0.103. The van der Waals surface area contributed by atoms with Crippen molar-refractivity contribution in [2.24, 2.45) is 0 Å². The molecule has 0 spiro atoms. The first-order chi connectivity index (χ1) is 22.4. The Morgan fingerprint density at radius 3 is 1.43 bits per heavy atom. The van der Waals surface area contributed by atoms with E-state index in [1.165, 1.54) is 64.2 Å². The van der Waals surface area contributed by atoms with Crippen molar-refractivity contribution in [2.45, 2.75) is 185 Å². The van der Waals surface area contributed by atoms with Gasteiger partial charge >= 0.3 is 19.8 Å². The van der Waals surface area contributed by atoms with E-state index in [2.05, 4.69) is 6.92 Å². The van der Waals surface area contributed by atoms with Crippen LogP contribution in [0.2, 0.25) is 0 Å². The van der Waals surface area contributed by atoms with Gasteiger partial charge in [0.25, 0.3) is 0 Å². The van der Waals surface area contributed by atoms with Gasteiger partial charge in [-0.25, -0.2) is 4.57 Å². The second-order valence-electron chi connectivity index (χ2n) is 12.7. The Hall–Kier alpha value is -1.15. The molecule has 1 rings (SSSR count). The lowest BCUT2D eigenvalue weighted by atomic mass is 9.85. The van der Waals surface area contributed by atoms with Gasteiger partial charge in [0.05, 0.1) is 6.61 Å². The Morgan fingerprint density at radius 2 is 0.957 bits per heavy atom. The van der Waals surface area contributed by atoms with E-state index in [1.807, 2.05) is 6.92 Å². The van der Waals surface area contributed by atoms with Crippen molar-refractivity contribution in [3.63, 3.8) is 0 Å². The van der Waals surface area contributed by atoms with Crippen LogP contribution in [-0.2, 0) is 32.7 Å². The summed E-state index contributed by atoms with van der Waals surface area (Å²) in [7, 11) is -5.09. The number of hydrogen-bond donors (Lipinski definition) is 6. The highest BCUT2D eigenvalue weighted by Gasteiger charge is 2.51. The van der Waals surface area contributed by atoms with E-state index in [-0.39, 0.29) is 12.8 Å². The topological polar surface area (TPSA) is 210 Å². The molecule has 1 aliphatic rings. The average Bonchev–Trinajstić information content (AvgIpc) is 3.04. The molecule has 0 bridgehead atoms. The lowest BCUT2D eigenvalue weighted by molar-refractivity contribution is -0.220. The molecule has 0 amide bonds. The molecule has 6 atom stereocenters. The number of phosphoric ester groups is 1. The fraction of sp³-hybridized carbons (Fsp3) is 0.939. The molecular formula is C33H63O13P. The van der Waals surface area contributed by atoms with Crippen molar-refractivity contribution in [3.8, 4) is 0 Å². The van der Waals surface area contributed by atoms with Crippen LogP contribution in [0.5, 0.6) is 0 Å². The van der Waals surface area contributed by atoms with E-state index in [0.717, 1.165) is 38.5 Å². The number of phosphoric acid groups is 1. The quantitative estimate of drug-likeness (QED) is 0.0375. The molecule has 0 saturated heterocycles. The monoisotopic (exact) mass is 698 g/mol. The Kier molecular flexibility index (Phi) is 24.1. The summed E-state index contributed by atoms with van der Waals surface area (Å²) in [4.78, 5) is 35.0. The van der Waals surface area contributed by atoms with Crippen LogP contribution in [-0.4, -0.2) is 98.3 Å². The highest BCUT2D eigenvalue weighted by molar-refractivity contribution is 7.47. The predicted octanol–water partition coefficient (Wildman–Crippen LogP) is 4.60. The molecule has 1 saturated carbocycles. The van der Waals surface area contributed by atoms with Crippen LogP contribution >= 0.6 is 7.82 Å². The van der Waals surface area contributed by atoms with Crippen LogP contribution in [0.25, 0.3) is 0 Å². The lowest BCUT2D eigenvalue weighted by Gasteiger charge is -2.41. The van der Waals surface area contributed by atoms with Crippen LogP contribution in [0.3, 0.4) is 0 Å². The van der Waals surface area contributed by atoms with Gasteiger partial charge in [-0.3, -0.25) is 18.6 Å². The highest BCUT2D eigenvalue weighted by Crippen LogP contribution is 2.47. The molecule has 0 radical (unpaired) electrons. The zero-order valence-corrected chi connectivity index (χ0v) is 29.5. The van der Waals surface area contributed by atoms with Crippen molar-refractivity contribution in [1.29, 1.82) is 0 Å². The fourth-order valence-electron chi connectivity index (χ4n) is 5.46. The van der Waals surface area contributed by atoms with E-state index in [1.54, 1.807) is 0 Å². The number of hydrogen-bond acceptors (Lipinski definition) is 12. The van der Waals surface area contributed by atoms with Crippen molar-refractivity contribution in [1.82, 2.24) is 0 Å². The Balaban J connectivity index is 2.49. The normalized spacial score (nSPS) is 24.9. The van der Waals surface area contributed by atoms with Crippen molar-refractivity contribution >= 4 is 19.8 Å². The van der Waals surface area contributed by atoms with Crippen LogP contribution in [0.4, 0.5) is 0 Å². The smallest absolute Gasteiger partial charge is 0.462 e. The van der Waals surface area contributed by atoms with Gasteiger partial charge < -0.3 is 39.9 Å². The molecular weight excluding hydrogens is 635 g/mol. The summed E-state index contributed by atoms with van der Waals surface area (Å²) in [6.45, 7) is 3.11. The number of aliphatic hydroxyl groups excluding tert-OH is 5. The fourth-order valence-corrected chi connectivity index (χ4v) is 6.43. The predicted molar refractivity (Wildman–Crippen MR) is 175 cm³/mol. The Bertz CT molecular complexity index is 859. The molecule has 6 N–H and O–H groups in total. The van der Waals surface area contributed by atoms with Crippen LogP contribution in [0, 0.1) is 0 Å².